The summed E-state index contributed by atoms with van der Waals surface area (Å²) in [6, 6.07) is 0. The average molecular weight is 178 g/mol. The standard InChI is InChI=1S/C12H18O/c1-2-6-11(7-3-1)10-13-12-8-4-5-9-12/h1-3,6,11-12H,4-5,7-10H2. The first-order valence-electron chi connectivity index (χ1n) is 5.40. The molecule has 0 amide bonds. The summed E-state index contributed by atoms with van der Waals surface area (Å²) in [6.07, 6.45) is 15.8. The fraction of sp³-hybridized carbons (Fsp3) is 0.667. The van der Waals surface area contributed by atoms with E-state index in [9.17, 15) is 0 Å². The first kappa shape index (κ1) is 9.01. The van der Waals surface area contributed by atoms with Crippen LogP contribution in [0.4, 0.5) is 0 Å². The molecule has 0 aromatic rings. The number of allylic oxidation sites excluding steroid dienone is 3. The lowest BCUT2D eigenvalue weighted by molar-refractivity contribution is 0.0429. The second kappa shape index (κ2) is 4.61. The van der Waals surface area contributed by atoms with E-state index in [1.165, 1.54) is 25.7 Å². The monoisotopic (exact) mass is 178 g/mol. The molecular formula is C12H18O. The third kappa shape index (κ3) is 2.70. The van der Waals surface area contributed by atoms with Crippen molar-refractivity contribution in [3.05, 3.63) is 24.3 Å². The highest BCUT2D eigenvalue weighted by Gasteiger charge is 2.16. The van der Waals surface area contributed by atoms with E-state index in [1.54, 1.807) is 0 Å². The lowest BCUT2D eigenvalue weighted by Gasteiger charge is -2.16. The van der Waals surface area contributed by atoms with Crippen LogP contribution >= 0.6 is 0 Å². The van der Waals surface area contributed by atoms with Gasteiger partial charge >= 0.3 is 0 Å². The van der Waals surface area contributed by atoms with Crippen LogP contribution in [0.1, 0.15) is 32.1 Å². The Kier molecular flexibility index (Phi) is 3.20. The van der Waals surface area contributed by atoms with Gasteiger partial charge in [0, 0.05) is 5.92 Å². The Labute approximate surface area is 80.5 Å². The number of rotatable bonds is 3. The summed E-state index contributed by atoms with van der Waals surface area (Å²) in [5.41, 5.74) is 0. The SMILES string of the molecule is C1=CCC(COC2CCCC2)C=C1. The van der Waals surface area contributed by atoms with Gasteiger partial charge in [-0.2, -0.15) is 0 Å². The van der Waals surface area contributed by atoms with Crippen molar-refractivity contribution >= 4 is 0 Å². The molecule has 1 fully saturated rings. The van der Waals surface area contributed by atoms with Gasteiger partial charge in [0.25, 0.3) is 0 Å². The van der Waals surface area contributed by atoms with E-state index in [0.29, 0.717) is 12.0 Å². The highest BCUT2D eigenvalue weighted by atomic mass is 16.5. The molecule has 0 bridgehead atoms. The smallest absolute Gasteiger partial charge is 0.0575 e. The third-order valence-corrected chi connectivity index (χ3v) is 2.92. The van der Waals surface area contributed by atoms with Crippen LogP contribution in [0.25, 0.3) is 0 Å². The lowest BCUT2D eigenvalue weighted by Crippen LogP contribution is -2.14. The van der Waals surface area contributed by atoms with E-state index in [4.69, 9.17) is 4.74 Å². The van der Waals surface area contributed by atoms with Crippen LogP contribution in [0.15, 0.2) is 24.3 Å². The Morgan fingerprint density at radius 1 is 1.15 bits per heavy atom. The van der Waals surface area contributed by atoms with Crippen LogP contribution in [-0.2, 0) is 4.74 Å². The maximum absolute atomic E-state index is 5.86. The maximum atomic E-state index is 5.86. The largest absolute Gasteiger partial charge is 0.378 e. The zero-order valence-corrected chi connectivity index (χ0v) is 8.11. The minimum Gasteiger partial charge on any atom is -0.378 e. The predicted molar refractivity (Wildman–Crippen MR) is 54.6 cm³/mol. The molecule has 1 saturated carbocycles. The zero-order chi connectivity index (χ0) is 8.93. The Hall–Kier alpha value is -0.560. The molecule has 0 aromatic heterocycles. The molecule has 0 saturated heterocycles. The highest BCUT2D eigenvalue weighted by Crippen LogP contribution is 2.22. The molecule has 2 aliphatic rings. The van der Waals surface area contributed by atoms with Crippen molar-refractivity contribution in [2.24, 2.45) is 5.92 Å². The summed E-state index contributed by atoms with van der Waals surface area (Å²) in [4.78, 5) is 0. The molecule has 2 aliphatic carbocycles. The summed E-state index contributed by atoms with van der Waals surface area (Å²) in [6.45, 7) is 0.922. The molecule has 0 N–H and O–H groups in total. The summed E-state index contributed by atoms with van der Waals surface area (Å²) in [7, 11) is 0. The first-order valence-corrected chi connectivity index (χ1v) is 5.40. The number of ether oxygens (including phenoxy) is 1. The molecule has 1 heteroatoms. The van der Waals surface area contributed by atoms with Gasteiger partial charge in [0.2, 0.25) is 0 Å². The van der Waals surface area contributed by atoms with Gasteiger partial charge in [0.1, 0.15) is 0 Å². The Morgan fingerprint density at radius 2 is 2.00 bits per heavy atom. The van der Waals surface area contributed by atoms with E-state index in [0.717, 1.165) is 13.0 Å². The van der Waals surface area contributed by atoms with Gasteiger partial charge in [-0.25, -0.2) is 0 Å². The molecule has 1 nitrogen and oxygen atoms in total. The second-order valence-corrected chi connectivity index (χ2v) is 4.05. The summed E-state index contributed by atoms with van der Waals surface area (Å²) in [5.74, 6) is 0.630. The number of hydrogen-bond donors (Lipinski definition) is 0. The van der Waals surface area contributed by atoms with Gasteiger partial charge in [0.05, 0.1) is 12.7 Å². The minimum atomic E-state index is 0.569. The maximum Gasteiger partial charge on any atom is 0.0575 e. The third-order valence-electron chi connectivity index (χ3n) is 2.92. The number of hydrogen-bond acceptors (Lipinski definition) is 1. The fourth-order valence-electron chi connectivity index (χ4n) is 2.07. The summed E-state index contributed by atoms with van der Waals surface area (Å²) < 4.78 is 5.86. The molecule has 0 aliphatic heterocycles. The van der Waals surface area contributed by atoms with Crippen LogP contribution in [0, 0.1) is 5.92 Å². The quantitative estimate of drug-likeness (QED) is 0.645. The summed E-state index contributed by atoms with van der Waals surface area (Å²) in [5, 5.41) is 0. The molecule has 72 valence electrons. The Bertz CT molecular complexity index is 199. The first-order chi connectivity index (χ1) is 6.45. The van der Waals surface area contributed by atoms with Gasteiger partial charge in [0.15, 0.2) is 0 Å². The van der Waals surface area contributed by atoms with Crippen molar-refractivity contribution in [2.45, 2.75) is 38.2 Å². The van der Waals surface area contributed by atoms with E-state index >= 15 is 0 Å². The van der Waals surface area contributed by atoms with Crippen LogP contribution in [0.5, 0.6) is 0 Å². The Morgan fingerprint density at radius 3 is 2.69 bits per heavy atom. The van der Waals surface area contributed by atoms with Crippen molar-refractivity contribution < 1.29 is 4.74 Å². The molecule has 1 unspecified atom stereocenters. The van der Waals surface area contributed by atoms with Crippen molar-refractivity contribution in [1.29, 1.82) is 0 Å². The van der Waals surface area contributed by atoms with E-state index in [2.05, 4.69) is 24.3 Å². The molecule has 13 heavy (non-hydrogen) atoms. The van der Waals surface area contributed by atoms with Gasteiger partial charge in [-0.05, 0) is 19.3 Å². The van der Waals surface area contributed by atoms with Gasteiger partial charge < -0.3 is 4.74 Å². The molecule has 2 rings (SSSR count). The minimum absolute atomic E-state index is 0.569. The molecule has 0 heterocycles. The van der Waals surface area contributed by atoms with Gasteiger partial charge in [-0.1, -0.05) is 37.1 Å². The second-order valence-electron chi connectivity index (χ2n) is 4.05. The molecule has 0 aromatic carbocycles. The van der Waals surface area contributed by atoms with Crippen LogP contribution in [0.3, 0.4) is 0 Å². The van der Waals surface area contributed by atoms with Crippen LogP contribution in [-0.4, -0.2) is 12.7 Å². The lowest BCUT2D eigenvalue weighted by atomic mass is 10.0. The average Bonchev–Trinajstić information content (AvgIpc) is 2.69. The van der Waals surface area contributed by atoms with Gasteiger partial charge in [-0.15, -0.1) is 0 Å². The summed E-state index contributed by atoms with van der Waals surface area (Å²) >= 11 is 0. The topological polar surface area (TPSA) is 9.23 Å². The zero-order valence-electron chi connectivity index (χ0n) is 8.11. The van der Waals surface area contributed by atoms with Crippen LogP contribution < -0.4 is 0 Å². The van der Waals surface area contributed by atoms with E-state index < -0.39 is 0 Å². The van der Waals surface area contributed by atoms with Crippen molar-refractivity contribution in [2.75, 3.05) is 6.61 Å². The molecule has 0 radical (unpaired) electrons. The van der Waals surface area contributed by atoms with Gasteiger partial charge in [-0.3, -0.25) is 0 Å². The molecular weight excluding hydrogens is 160 g/mol. The fourth-order valence-corrected chi connectivity index (χ4v) is 2.07. The van der Waals surface area contributed by atoms with E-state index in [-0.39, 0.29) is 0 Å². The van der Waals surface area contributed by atoms with E-state index in [1.807, 2.05) is 0 Å². The highest BCUT2D eigenvalue weighted by molar-refractivity contribution is 5.10. The van der Waals surface area contributed by atoms with Crippen LogP contribution in [0.2, 0.25) is 0 Å². The molecule has 1 atom stereocenters. The Balaban J connectivity index is 1.67. The predicted octanol–water partition coefficient (Wildman–Crippen LogP) is 3.08. The normalized spacial score (nSPS) is 28.5. The molecule has 0 spiro atoms. The van der Waals surface area contributed by atoms with Crippen molar-refractivity contribution in [3.8, 4) is 0 Å². The van der Waals surface area contributed by atoms with Crippen molar-refractivity contribution in [3.63, 3.8) is 0 Å². The van der Waals surface area contributed by atoms with Crippen molar-refractivity contribution in [1.82, 2.24) is 0 Å².